The van der Waals surface area contributed by atoms with E-state index in [0.717, 1.165) is 32.7 Å². The SMILES string of the molecule is Cc1cncc(CN2CCN(CC(=O)Nc3cc(Cl)ccc3Cl)CC2)c1. The molecule has 1 fully saturated rings. The van der Waals surface area contributed by atoms with Gasteiger partial charge in [0.15, 0.2) is 0 Å². The topological polar surface area (TPSA) is 48.5 Å². The first-order valence-electron chi connectivity index (χ1n) is 8.60. The molecule has 0 spiro atoms. The Morgan fingerprint density at radius 1 is 1.12 bits per heavy atom. The van der Waals surface area contributed by atoms with E-state index in [1.165, 1.54) is 11.1 Å². The molecule has 0 saturated carbocycles. The van der Waals surface area contributed by atoms with Crippen molar-refractivity contribution in [2.75, 3.05) is 38.0 Å². The van der Waals surface area contributed by atoms with E-state index in [-0.39, 0.29) is 5.91 Å². The van der Waals surface area contributed by atoms with Crippen molar-refractivity contribution in [1.29, 1.82) is 0 Å². The molecule has 1 amide bonds. The van der Waals surface area contributed by atoms with Gasteiger partial charge in [0.05, 0.1) is 17.3 Å². The summed E-state index contributed by atoms with van der Waals surface area (Å²) in [6.07, 6.45) is 3.79. The molecule has 0 bridgehead atoms. The summed E-state index contributed by atoms with van der Waals surface area (Å²) in [5.74, 6) is -0.0782. The van der Waals surface area contributed by atoms with Gasteiger partial charge in [-0.25, -0.2) is 0 Å². The van der Waals surface area contributed by atoms with Crippen LogP contribution in [0.4, 0.5) is 5.69 Å². The summed E-state index contributed by atoms with van der Waals surface area (Å²) >= 11 is 12.0. The second-order valence-corrected chi connectivity index (χ2v) is 7.44. The van der Waals surface area contributed by atoms with E-state index in [1.54, 1.807) is 18.2 Å². The quantitative estimate of drug-likeness (QED) is 0.846. The molecular formula is C19H22Cl2N4O. The number of hydrogen-bond donors (Lipinski definition) is 1. The lowest BCUT2D eigenvalue weighted by Gasteiger charge is -2.34. The Labute approximate surface area is 163 Å². The van der Waals surface area contributed by atoms with Crippen molar-refractivity contribution in [3.8, 4) is 0 Å². The number of nitrogens with zero attached hydrogens (tertiary/aromatic N) is 3. The summed E-state index contributed by atoms with van der Waals surface area (Å²) in [6, 6.07) is 7.21. The van der Waals surface area contributed by atoms with Gasteiger partial charge in [-0.2, -0.15) is 0 Å². The number of anilines is 1. The third-order valence-corrected chi connectivity index (χ3v) is 4.94. The summed E-state index contributed by atoms with van der Waals surface area (Å²) in [4.78, 5) is 21.1. The molecule has 1 aromatic carbocycles. The minimum Gasteiger partial charge on any atom is -0.324 e. The second kappa shape index (κ2) is 8.82. The zero-order chi connectivity index (χ0) is 18.5. The van der Waals surface area contributed by atoms with Crippen molar-refractivity contribution >= 4 is 34.8 Å². The Morgan fingerprint density at radius 3 is 2.58 bits per heavy atom. The van der Waals surface area contributed by atoms with Crippen molar-refractivity contribution in [2.45, 2.75) is 13.5 Å². The van der Waals surface area contributed by atoms with Crippen molar-refractivity contribution in [2.24, 2.45) is 0 Å². The van der Waals surface area contributed by atoms with Crippen LogP contribution in [-0.2, 0) is 11.3 Å². The standard InChI is InChI=1S/C19H22Cl2N4O/c1-14-8-15(11-22-10-14)12-24-4-6-25(7-5-24)13-19(26)23-18-9-16(20)2-3-17(18)21/h2-3,8-11H,4-7,12-13H2,1H3,(H,23,26). The predicted molar refractivity (Wildman–Crippen MR) is 106 cm³/mol. The van der Waals surface area contributed by atoms with Gasteiger partial charge in [0, 0.05) is 50.1 Å². The van der Waals surface area contributed by atoms with E-state index >= 15 is 0 Å². The fourth-order valence-electron chi connectivity index (χ4n) is 3.05. The van der Waals surface area contributed by atoms with Gasteiger partial charge in [0.25, 0.3) is 0 Å². The Hall–Kier alpha value is -1.66. The van der Waals surface area contributed by atoms with E-state index in [4.69, 9.17) is 23.2 Å². The Kier molecular flexibility index (Phi) is 6.48. The van der Waals surface area contributed by atoms with E-state index in [9.17, 15) is 4.79 Å². The Bertz CT molecular complexity index is 776. The number of amides is 1. The fraction of sp³-hybridized carbons (Fsp3) is 0.368. The van der Waals surface area contributed by atoms with Crippen molar-refractivity contribution in [3.63, 3.8) is 0 Å². The second-order valence-electron chi connectivity index (χ2n) is 6.60. The third-order valence-electron chi connectivity index (χ3n) is 4.37. The van der Waals surface area contributed by atoms with Gasteiger partial charge in [0.2, 0.25) is 5.91 Å². The molecule has 1 aliphatic rings. The summed E-state index contributed by atoms with van der Waals surface area (Å²) in [7, 11) is 0. The third kappa shape index (κ3) is 5.42. The van der Waals surface area contributed by atoms with Crippen molar-refractivity contribution in [3.05, 3.63) is 57.8 Å². The number of carbonyl (C=O) groups is 1. The van der Waals surface area contributed by atoms with E-state index in [1.807, 2.05) is 12.4 Å². The molecular weight excluding hydrogens is 371 g/mol. The number of halogens is 2. The van der Waals surface area contributed by atoms with Gasteiger partial charge >= 0.3 is 0 Å². The highest BCUT2D eigenvalue weighted by atomic mass is 35.5. The molecule has 0 unspecified atom stereocenters. The van der Waals surface area contributed by atoms with E-state index in [2.05, 4.69) is 33.1 Å². The highest BCUT2D eigenvalue weighted by Gasteiger charge is 2.19. The van der Waals surface area contributed by atoms with Crippen LogP contribution in [0.5, 0.6) is 0 Å². The number of benzene rings is 1. The summed E-state index contributed by atoms with van der Waals surface area (Å²) in [5.41, 5.74) is 2.96. The maximum Gasteiger partial charge on any atom is 0.238 e. The minimum absolute atomic E-state index is 0.0782. The Morgan fingerprint density at radius 2 is 1.85 bits per heavy atom. The molecule has 0 aliphatic carbocycles. The molecule has 7 heteroatoms. The van der Waals surface area contributed by atoms with Crippen LogP contribution >= 0.6 is 23.2 Å². The van der Waals surface area contributed by atoms with Crippen molar-refractivity contribution < 1.29 is 4.79 Å². The first-order valence-corrected chi connectivity index (χ1v) is 9.35. The molecule has 3 rings (SSSR count). The number of carbonyl (C=O) groups excluding carboxylic acids is 1. The van der Waals surface area contributed by atoms with Gasteiger partial charge in [0.1, 0.15) is 0 Å². The maximum atomic E-state index is 12.3. The van der Waals surface area contributed by atoms with Crippen LogP contribution in [0, 0.1) is 6.92 Å². The number of pyridine rings is 1. The summed E-state index contributed by atoms with van der Waals surface area (Å²) in [5, 5.41) is 3.87. The molecule has 1 aromatic heterocycles. The van der Waals surface area contributed by atoms with Crippen LogP contribution in [0.1, 0.15) is 11.1 Å². The van der Waals surface area contributed by atoms with Crippen LogP contribution < -0.4 is 5.32 Å². The van der Waals surface area contributed by atoms with Crippen LogP contribution in [0.2, 0.25) is 10.0 Å². The number of aromatic nitrogens is 1. The maximum absolute atomic E-state index is 12.3. The largest absolute Gasteiger partial charge is 0.324 e. The van der Waals surface area contributed by atoms with E-state index in [0.29, 0.717) is 22.3 Å². The molecule has 0 atom stereocenters. The van der Waals surface area contributed by atoms with Gasteiger partial charge in [-0.05, 0) is 36.2 Å². The van der Waals surface area contributed by atoms with Crippen molar-refractivity contribution in [1.82, 2.24) is 14.8 Å². The fourth-order valence-corrected chi connectivity index (χ4v) is 3.39. The lowest BCUT2D eigenvalue weighted by atomic mass is 10.2. The van der Waals surface area contributed by atoms with Crippen LogP contribution in [0.25, 0.3) is 0 Å². The molecule has 26 heavy (non-hydrogen) atoms. The van der Waals surface area contributed by atoms with Crippen LogP contribution in [0.3, 0.4) is 0 Å². The lowest BCUT2D eigenvalue weighted by molar-refractivity contribution is -0.117. The normalized spacial score (nSPS) is 15.8. The zero-order valence-corrected chi connectivity index (χ0v) is 16.2. The number of hydrogen-bond acceptors (Lipinski definition) is 4. The zero-order valence-electron chi connectivity index (χ0n) is 14.7. The summed E-state index contributed by atoms with van der Waals surface area (Å²) in [6.45, 7) is 6.87. The molecule has 2 heterocycles. The van der Waals surface area contributed by atoms with Crippen LogP contribution in [-0.4, -0.2) is 53.4 Å². The predicted octanol–water partition coefficient (Wildman–Crippen LogP) is 3.45. The van der Waals surface area contributed by atoms with Gasteiger partial charge < -0.3 is 5.32 Å². The molecule has 1 saturated heterocycles. The molecule has 2 aromatic rings. The molecule has 0 radical (unpaired) electrons. The number of piperazine rings is 1. The number of nitrogens with one attached hydrogen (secondary N) is 1. The average Bonchev–Trinajstić information content (AvgIpc) is 2.60. The molecule has 5 nitrogen and oxygen atoms in total. The summed E-state index contributed by atoms with van der Waals surface area (Å²) < 4.78 is 0. The van der Waals surface area contributed by atoms with Crippen LogP contribution in [0.15, 0.2) is 36.7 Å². The minimum atomic E-state index is -0.0782. The first kappa shape index (κ1) is 19.1. The van der Waals surface area contributed by atoms with E-state index < -0.39 is 0 Å². The highest BCUT2D eigenvalue weighted by molar-refractivity contribution is 6.35. The number of aryl methyl sites for hydroxylation is 1. The monoisotopic (exact) mass is 392 g/mol. The first-order chi connectivity index (χ1) is 12.5. The van der Waals surface area contributed by atoms with Gasteiger partial charge in [-0.15, -0.1) is 0 Å². The van der Waals surface area contributed by atoms with Gasteiger partial charge in [-0.1, -0.05) is 29.3 Å². The number of rotatable bonds is 5. The molecule has 138 valence electrons. The van der Waals surface area contributed by atoms with Gasteiger partial charge in [-0.3, -0.25) is 19.6 Å². The smallest absolute Gasteiger partial charge is 0.238 e. The molecule has 1 N–H and O–H groups in total. The Balaban J connectivity index is 1.46. The average molecular weight is 393 g/mol. The lowest BCUT2D eigenvalue weighted by Crippen LogP contribution is -2.48. The highest BCUT2D eigenvalue weighted by Crippen LogP contribution is 2.25. The molecule has 1 aliphatic heterocycles.